The third-order valence-corrected chi connectivity index (χ3v) is 6.64. The number of aromatic hydroxyl groups is 1. The summed E-state index contributed by atoms with van der Waals surface area (Å²) in [6.07, 6.45) is -7.42. The highest BCUT2D eigenvalue weighted by Gasteiger charge is 2.45. The van der Waals surface area contributed by atoms with Gasteiger partial charge >= 0.3 is 7.82 Å². The van der Waals surface area contributed by atoms with E-state index >= 15 is 0 Å². The lowest BCUT2D eigenvalue weighted by molar-refractivity contribution is -0.277. The maximum Gasteiger partial charge on any atom is 0.524 e. The molecule has 1 aliphatic rings. The van der Waals surface area contributed by atoms with Crippen molar-refractivity contribution in [3.05, 3.63) is 34.7 Å². The molecular weight excluding hydrogens is 575 g/mol. The summed E-state index contributed by atoms with van der Waals surface area (Å²) in [5.74, 6) is -2.10. The summed E-state index contributed by atoms with van der Waals surface area (Å²) >= 11 is 0. The van der Waals surface area contributed by atoms with E-state index in [4.69, 9.17) is 32.6 Å². The number of phosphoric ester groups is 1. The zero-order chi connectivity index (χ0) is 30.2. The fraction of sp³-hybridized carbons (Fsp3) is 0.375. The summed E-state index contributed by atoms with van der Waals surface area (Å²) in [6.45, 7) is -0.754. The van der Waals surface area contributed by atoms with Gasteiger partial charge in [0.2, 0.25) is 23.2 Å². The average Bonchev–Trinajstić information content (AvgIpc) is 2.92. The predicted octanol–water partition coefficient (Wildman–Crippen LogP) is -0.158. The second-order valence-electron chi connectivity index (χ2n) is 8.72. The van der Waals surface area contributed by atoms with Crippen LogP contribution in [-0.2, 0) is 9.30 Å². The average molecular weight is 602 g/mol. The number of aliphatic hydroxyl groups excluding tert-OH is 4. The number of aliphatic hydroxyl groups is 4. The van der Waals surface area contributed by atoms with E-state index in [2.05, 4.69) is 0 Å². The predicted molar refractivity (Wildman–Crippen MR) is 136 cm³/mol. The lowest BCUT2D eigenvalue weighted by atomic mass is 9.99. The molecule has 224 valence electrons. The second kappa shape index (κ2) is 11.7. The normalized spacial score (nSPS) is 22.8. The Morgan fingerprint density at radius 2 is 1.59 bits per heavy atom. The van der Waals surface area contributed by atoms with Crippen LogP contribution >= 0.6 is 7.82 Å². The number of benzene rings is 2. The quantitative estimate of drug-likeness (QED) is 0.157. The Morgan fingerprint density at radius 1 is 0.902 bits per heavy atom. The van der Waals surface area contributed by atoms with Crippen LogP contribution in [0.5, 0.6) is 34.5 Å². The number of rotatable bonds is 9. The molecule has 4 rings (SSSR count). The molecule has 2 heterocycles. The highest BCUT2D eigenvalue weighted by Crippen LogP contribution is 2.50. The molecule has 0 saturated carbocycles. The number of hydrogen-bond donors (Lipinski definition) is 7. The van der Waals surface area contributed by atoms with E-state index in [-0.39, 0.29) is 34.0 Å². The Labute approximate surface area is 230 Å². The van der Waals surface area contributed by atoms with E-state index in [1.54, 1.807) is 0 Å². The van der Waals surface area contributed by atoms with E-state index in [1.807, 2.05) is 0 Å². The van der Waals surface area contributed by atoms with Crippen molar-refractivity contribution >= 4 is 18.8 Å². The lowest BCUT2D eigenvalue weighted by Gasteiger charge is -2.39. The minimum atomic E-state index is -5.36. The number of methoxy groups -OCH3 is 3. The van der Waals surface area contributed by atoms with Gasteiger partial charge in [-0.2, -0.15) is 0 Å². The minimum Gasteiger partial charge on any atom is -0.504 e. The molecule has 2 aromatic carbocycles. The van der Waals surface area contributed by atoms with Crippen LogP contribution < -0.4 is 28.9 Å². The van der Waals surface area contributed by atoms with Crippen LogP contribution in [0.25, 0.3) is 22.1 Å². The molecular formula is C24H27O16P. The van der Waals surface area contributed by atoms with Crippen LogP contribution in [0.3, 0.4) is 0 Å². The molecule has 0 bridgehead atoms. The van der Waals surface area contributed by atoms with Gasteiger partial charge in [0.25, 0.3) is 0 Å². The zero-order valence-electron chi connectivity index (χ0n) is 21.7. The van der Waals surface area contributed by atoms with Crippen molar-refractivity contribution in [3.63, 3.8) is 0 Å². The van der Waals surface area contributed by atoms with Crippen LogP contribution in [0.4, 0.5) is 0 Å². The van der Waals surface area contributed by atoms with Crippen molar-refractivity contribution in [3.8, 4) is 45.6 Å². The first kappa shape index (κ1) is 30.4. The number of phosphoric acid groups is 1. The summed E-state index contributed by atoms with van der Waals surface area (Å²) < 4.78 is 48.8. The van der Waals surface area contributed by atoms with Gasteiger partial charge < -0.3 is 58.2 Å². The number of phenols is 1. The number of hydrogen-bond acceptors (Lipinski definition) is 14. The van der Waals surface area contributed by atoms with Gasteiger partial charge in [-0.3, -0.25) is 14.6 Å². The van der Waals surface area contributed by atoms with E-state index in [9.17, 15) is 44.7 Å². The second-order valence-corrected chi connectivity index (χ2v) is 9.88. The van der Waals surface area contributed by atoms with Crippen molar-refractivity contribution in [2.75, 3.05) is 27.9 Å². The molecule has 0 amide bonds. The molecule has 0 spiro atoms. The summed E-state index contributed by atoms with van der Waals surface area (Å²) in [4.78, 5) is 32.9. The van der Waals surface area contributed by atoms with Crippen LogP contribution in [0.2, 0.25) is 0 Å². The molecule has 0 radical (unpaired) electrons. The molecule has 16 nitrogen and oxygen atoms in total. The maximum atomic E-state index is 13.7. The van der Waals surface area contributed by atoms with Crippen LogP contribution in [0.1, 0.15) is 0 Å². The third-order valence-electron chi connectivity index (χ3n) is 6.22. The molecule has 1 aromatic heterocycles. The van der Waals surface area contributed by atoms with Gasteiger partial charge in [-0.05, 0) is 17.7 Å². The molecule has 7 N–H and O–H groups in total. The van der Waals surface area contributed by atoms with E-state index in [0.29, 0.717) is 0 Å². The molecule has 1 aliphatic heterocycles. The summed E-state index contributed by atoms with van der Waals surface area (Å²) in [7, 11) is -1.70. The zero-order valence-corrected chi connectivity index (χ0v) is 22.5. The summed E-state index contributed by atoms with van der Waals surface area (Å²) in [5, 5.41) is 49.8. The lowest BCUT2D eigenvalue weighted by Crippen LogP contribution is -2.60. The molecule has 0 aliphatic carbocycles. The van der Waals surface area contributed by atoms with Gasteiger partial charge in [0.1, 0.15) is 41.6 Å². The van der Waals surface area contributed by atoms with E-state index in [0.717, 1.165) is 19.4 Å². The van der Waals surface area contributed by atoms with Crippen LogP contribution in [0.15, 0.2) is 33.7 Å². The third kappa shape index (κ3) is 5.77. The fourth-order valence-corrected chi connectivity index (χ4v) is 4.70. The largest absolute Gasteiger partial charge is 0.524 e. The van der Waals surface area contributed by atoms with Gasteiger partial charge in [0.05, 0.1) is 33.5 Å². The van der Waals surface area contributed by atoms with E-state index < -0.39 is 73.2 Å². The Kier molecular flexibility index (Phi) is 8.67. The number of phenolic OH excluding ortho intramolecular Hbond substituents is 1. The molecule has 1 saturated heterocycles. The standard InChI is InChI=1S/C24H27O16P/c1-34-13-5-9(4-11(26)21(13)35-2)10-8-37-12-6-14(38-24-20(30)19(29)18(28)15(7-25)39-24)22(36-3)23(16(12)17(10)27)40-41(31,32)33/h4-6,8,15,18-20,24-26,28-30H,7H2,1-3H3,(H2,31,32,33)/t15-,18-,19+,20-,24-/m1/s1. The van der Waals surface area contributed by atoms with Gasteiger partial charge in [0, 0.05) is 6.07 Å². The SMILES string of the molecule is COc1cc(-c2coc3cc(O[C@@H]4O[C@H](CO)[C@@H](O)[C@H](O)[C@H]4O)c(OC)c(OP(=O)(O)O)c3c2=O)cc(O)c1OC. The maximum absolute atomic E-state index is 13.7. The molecule has 1 fully saturated rings. The van der Waals surface area contributed by atoms with Crippen molar-refractivity contribution in [2.24, 2.45) is 0 Å². The van der Waals surface area contributed by atoms with E-state index in [1.165, 1.54) is 26.4 Å². The van der Waals surface area contributed by atoms with Crippen molar-refractivity contribution in [1.29, 1.82) is 0 Å². The molecule has 3 aromatic rings. The summed E-state index contributed by atoms with van der Waals surface area (Å²) in [5.41, 5.74) is -1.31. The minimum absolute atomic E-state index is 0.0106. The first-order valence-electron chi connectivity index (χ1n) is 11.7. The van der Waals surface area contributed by atoms with Gasteiger partial charge in [0.15, 0.2) is 23.0 Å². The highest BCUT2D eigenvalue weighted by atomic mass is 31.2. The highest BCUT2D eigenvalue weighted by molar-refractivity contribution is 7.46. The molecule has 17 heteroatoms. The smallest absolute Gasteiger partial charge is 0.504 e. The Bertz CT molecular complexity index is 1530. The summed E-state index contributed by atoms with van der Waals surface area (Å²) in [6, 6.07) is 3.60. The first-order valence-corrected chi connectivity index (χ1v) is 13.2. The van der Waals surface area contributed by atoms with Crippen molar-refractivity contribution in [2.45, 2.75) is 30.7 Å². The van der Waals surface area contributed by atoms with Crippen molar-refractivity contribution in [1.82, 2.24) is 0 Å². The Hall–Kier alpha value is -3.60. The van der Waals surface area contributed by atoms with Crippen molar-refractivity contribution < 1.29 is 72.5 Å². The molecule has 41 heavy (non-hydrogen) atoms. The Morgan fingerprint density at radius 3 is 2.17 bits per heavy atom. The topological polar surface area (TPSA) is 244 Å². The first-order chi connectivity index (χ1) is 19.3. The number of fused-ring (bicyclic) bond motifs is 1. The van der Waals surface area contributed by atoms with Crippen LogP contribution in [-0.4, -0.2) is 94.0 Å². The van der Waals surface area contributed by atoms with Crippen LogP contribution in [0, 0.1) is 0 Å². The van der Waals surface area contributed by atoms with Gasteiger partial charge in [-0.1, -0.05) is 0 Å². The van der Waals surface area contributed by atoms with Gasteiger partial charge in [-0.15, -0.1) is 0 Å². The molecule has 0 unspecified atom stereocenters. The fourth-order valence-electron chi connectivity index (χ4n) is 4.29. The monoisotopic (exact) mass is 602 g/mol. The van der Waals surface area contributed by atoms with Gasteiger partial charge in [-0.25, -0.2) is 4.57 Å². The Balaban J connectivity index is 1.92. The number of ether oxygens (including phenoxy) is 5. The molecule has 5 atom stereocenters.